The quantitative estimate of drug-likeness (QED) is 0.436. The molecule has 9 heteroatoms. The Bertz CT molecular complexity index is 960. The van der Waals surface area contributed by atoms with Crippen molar-refractivity contribution in [2.75, 3.05) is 13.1 Å². The summed E-state index contributed by atoms with van der Waals surface area (Å²) < 4.78 is 0. The van der Waals surface area contributed by atoms with Gasteiger partial charge in [0.25, 0.3) is 11.8 Å². The summed E-state index contributed by atoms with van der Waals surface area (Å²) in [6.07, 6.45) is 3.81. The molecule has 3 N–H and O–H groups in total. The average molecular weight is 452 g/mol. The molecule has 3 rings (SSSR count). The van der Waals surface area contributed by atoms with Crippen molar-refractivity contribution < 1.29 is 19.5 Å². The van der Waals surface area contributed by atoms with Gasteiger partial charge in [-0.05, 0) is 43.1 Å². The Kier molecular flexibility index (Phi) is 6.55. The Morgan fingerprint density at radius 2 is 2.10 bits per heavy atom. The van der Waals surface area contributed by atoms with Crippen LogP contribution in [-0.2, 0) is 20.9 Å². The fourth-order valence-corrected chi connectivity index (χ4v) is 4.24. The lowest BCUT2D eigenvalue weighted by atomic mass is 9.86. The molecule has 2 unspecified atom stereocenters. The highest BCUT2D eigenvalue weighted by Crippen LogP contribution is 2.41. The first-order valence-electron chi connectivity index (χ1n) is 9.59. The Morgan fingerprint density at radius 3 is 2.77 bits per heavy atom. The molecular weight excluding hydrogens is 429 g/mol. The first-order chi connectivity index (χ1) is 14.2. The van der Waals surface area contributed by atoms with Gasteiger partial charge in [0, 0.05) is 22.8 Å². The predicted octanol–water partition coefficient (Wildman–Crippen LogP) is 2.36. The van der Waals surface area contributed by atoms with Gasteiger partial charge in [-0.15, -0.1) is 11.6 Å². The lowest BCUT2D eigenvalue weighted by molar-refractivity contribution is -0.146. The highest BCUT2D eigenvalue weighted by Gasteiger charge is 2.59. The van der Waals surface area contributed by atoms with Crippen molar-refractivity contribution in [2.24, 2.45) is 0 Å². The number of allylic oxidation sites excluding steroid dienone is 2. The molecule has 0 spiro atoms. The molecule has 0 saturated carbocycles. The molecule has 2 atom stereocenters. The van der Waals surface area contributed by atoms with E-state index in [0.717, 1.165) is 16.0 Å². The molecule has 0 aromatic heterocycles. The number of hydrogen-bond donors (Lipinski definition) is 3. The number of carboxylic acids is 1. The number of halogens is 2. The van der Waals surface area contributed by atoms with Crippen LogP contribution in [0.5, 0.6) is 0 Å². The largest absolute Gasteiger partial charge is 0.480 e. The van der Waals surface area contributed by atoms with Crippen molar-refractivity contribution in [2.45, 2.75) is 37.7 Å². The van der Waals surface area contributed by atoms with Gasteiger partial charge in [-0.1, -0.05) is 36.7 Å². The van der Waals surface area contributed by atoms with Crippen LogP contribution < -0.4 is 10.6 Å². The third-order valence-electron chi connectivity index (χ3n) is 5.25. The van der Waals surface area contributed by atoms with Crippen LogP contribution in [0, 0.1) is 6.92 Å². The molecule has 1 fully saturated rings. The Balaban J connectivity index is 1.99. The number of nitrogens with one attached hydrogen (secondary N) is 2. The third kappa shape index (κ3) is 3.97. The Labute approximate surface area is 184 Å². The van der Waals surface area contributed by atoms with Gasteiger partial charge in [0.2, 0.25) is 5.54 Å². The third-order valence-corrected chi connectivity index (χ3v) is 5.79. The molecule has 2 aliphatic rings. The normalized spacial score (nSPS) is 23.0. The minimum Gasteiger partial charge on any atom is -0.480 e. The van der Waals surface area contributed by atoms with Crippen LogP contribution in [0.3, 0.4) is 0 Å². The standard InChI is InChI=1S/C21H23Cl2N3O4/c1-3-25-21(19(29)24-10-13-8-14(22)5-4-12(13)2)16-9-15(23)6-7-17(16)26(20(21)30)11-18(27)28/h4-5,7-9,15,25H,3,6,10-11H2,1-2H3,(H,24,29)(H,27,28). The second-order valence-corrected chi connectivity index (χ2v) is 8.24. The van der Waals surface area contributed by atoms with Crippen molar-refractivity contribution in [3.05, 3.63) is 57.8 Å². The van der Waals surface area contributed by atoms with E-state index in [1.165, 1.54) is 0 Å². The maximum atomic E-state index is 13.4. The molecule has 1 aliphatic heterocycles. The van der Waals surface area contributed by atoms with Crippen LogP contribution in [0.1, 0.15) is 24.5 Å². The number of rotatable bonds is 7. The minimum atomic E-state index is -1.74. The monoisotopic (exact) mass is 451 g/mol. The maximum absolute atomic E-state index is 13.4. The van der Waals surface area contributed by atoms with Crippen molar-refractivity contribution in [1.82, 2.24) is 15.5 Å². The van der Waals surface area contributed by atoms with Gasteiger partial charge in [0.05, 0.1) is 5.38 Å². The second-order valence-electron chi connectivity index (χ2n) is 7.24. The fourth-order valence-electron chi connectivity index (χ4n) is 3.83. The Hall–Kier alpha value is -2.35. The van der Waals surface area contributed by atoms with E-state index in [9.17, 15) is 19.5 Å². The van der Waals surface area contributed by atoms with E-state index in [-0.39, 0.29) is 6.54 Å². The Morgan fingerprint density at radius 1 is 1.37 bits per heavy atom. The highest BCUT2D eigenvalue weighted by atomic mass is 35.5. The van der Waals surface area contributed by atoms with Crippen LogP contribution in [0.4, 0.5) is 0 Å². The van der Waals surface area contributed by atoms with E-state index in [1.807, 2.05) is 13.0 Å². The van der Waals surface area contributed by atoms with Gasteiger partial charge in [-0.25, -0.2) is 0 Å². The van der Waals surface area contributed by atoms with E-state index in [1.54, 1.807) is 31.2 Å². The lowest BCUT2D eigenvalue weighted by Gasteiger charge is -2.29. The number of carbonyl (C=O) groups excluding carboxylic acids is 2. The molecule has 1 aromatic carbocycles. The number of nitrogens with zero attached hydrogens (tertiary/aromatic N) is 1. The minimum absolute atomic E-state index is 0.168. The van der Waals surface area contributed by atoms with Crippen LogP contribution in [0.15, 0.2) is 41.6 Å². The van der Waals surface area contributed by atoms with Gasteiger partial charge in [0.1, 0.15) is 6.54 Å². The first kappa shape index (κ1) is 22.3. The number of aliphatic carboxylic acids is 1. The number of alkyl halides is 1. The van der Waals surface area contributed by atoms with Gasteiger partial charge in [-0.3, -0.25) is 24.6 Å². The first-order valence-corrected chi connectivity index (χ1v) is 10.4. The molecule has 1 heterocycles. The number of likely N-dealkylation sites (tertiary alicyclic amines) is 1. The van der Waals surface area contributed by atoms with Gasteiger partial charge in [-0.2, -0.15) is 0 Å². The summed E-state index contributed by atoms with van der Waals surface area (Å²) >= 11 is 12.3. The summed E-state index contributed by atoms with van der Waals surface area (Å²) in [5.41, 5.74) is 0.826. The van der Waals surface area contributed by atoms with Crippen LogP contribution in [-0.4, -0.2) is 51.8 Å². The van der Waals surface area contributed by atoms with Crippen molar-refractivity contribution in [3.8, 4) is 0 Å². The summed E-state index contributed by atoms with van der Waals surface area (Å²) in [5.74, 6) is -2.36. The molecule has 30 heavy (non-hydrogen) atoms. The predicted molar refractivity (Wildman–Crippen MR) is 114 cm³/mol. The zero-order valence-corrected chi connectivity index (χ0v) is 18.2. The number of carboxylic acid groups (broad SMARTS) is 1. The number of carbonyl (C=O) groups is 3. The smallest absolute Gasteiger partial charge is 0.323 e. The van der Waals surface area contributed by atoms with Gasteiger partial charge < -0.3 is 10.4 Å². The van der Waals surface area contributed by atoms with E-state index in [4.69, 9.17) is 23.2 Å². The molecule has 2 amide bonds. The van der Waals surface area contributed by atoms with Crippen molar-refractivity contribution >= 4 is 41.0 Å². The molecule has 0 bridgehead atoms. The molecule has 1 saturated heterocycles. The SMILES string of the molecule is CCNC1(C(=O)NCc2cc(Cl)ccc2C)C(=O)N(CC(=O)O)C2=CCC(Cl)C=C21. The molecule has 0 radical (unpaired) electrons. The van der Waals surface area contributed by atoms with Crippen LogP contribution in [0.2, 0.25) is 5.02 Å². The summed E-state index contributed by atoms with van der Waals surface area (Å²) in [7, 11) is 0. The van der Waals surface area contributed by atoms with Gasteiger partial charge in [0.15, 0.2) is 0 Å². The van der Waals surface area contributed by atoms with E-state index < -0.39 is 35.2 Å². The van der Waals surface area contributed by atoms with Crippen molar-refractivity contribution in [1.29, 1.82) is 0 Å². The molecule has 1 aromatic rings. The van der Waals surface area contributed by atoms with E-state index in [2.05, 4.69) is 10.6 Å². The van der Waals surface area contributed by atoms with Crippen molar-refractivity contribution in [3.63, 3.8) is 0 Å². The van der Waals surface area contributed by atoms with Gasteiger partial charge >= 0.3 is 5.97 Å². The van der Waals surface area contributed by atoms with Crippen LogP contribution in [0.25, 0.3) is 0 Å². The summed E-state index contributed by atoms with van der Waals surface area (Å²) in [4.78, 5) is 39.3. The number of hydrogen-bond acceptors (Lipinski definition) is 4. The number of amides is 2. The molecule has 160 valence electrons. The maximum Gasteiger partial charge on any atom is 0.323 e. The molecule has 7 nitrogen and oxygen atoms in total. The number of fused-ring (bicyclic) bond motifs is 1. The number of benzene rings is 1. The molecule has 1 aliphatic carbocycles. The fraction of sp³-hybridized carbons (Fsp3) is 0.381. The topological polar surface area (TPSA) is 98.7 Å². The zero-order chi connectivity index (χ0) is 22.1. The zero-order valence-electron chi connectivity index (χ0n) is 16.7. The lowest BCUT2D eigenvalue weighted by Crippen LogP contribution is -2.62. The highest BCUT2D eigenvalue weighted by molar-refractivity contribution is 6.30. The number of aryl methyl sites for hydroxylation is 1. The van der Waals surface area contributed by atoms with Crippen LogP contribution >= 0.6 is 23.2 Å². The summed E-state index contributed by atoms with van der Waals surface area (Å²) in [5, 5.41) is 15.2. The van der Waals surface area contributed by atoms with E-state index >= 15 is 0 Å². The van der Waals surface area contributed by atoms with E-state index in [0.29, 0.717) is 29.3 Å². The molecular formula is C21H23Cl2N3O4. The second kappa shape index (κ2) is 8.79. The summed E-state index contributed by atoms with van der Waals surface area (Å²) in [6, 6.07) is 5.36. The number of likely N-dealkylation sites (N-methyl/N-ethyl adjacent to an activating group) is 1. The average Bonchev–Trinajstić information content (AvgIpc) is 2.91. The summed E-state index contributed by atoms with van der Waals surface area (Å²) in [6.45, 7) is 3.61.